The van der Waals surface area contributed by atoms with Gasteiger partial charge in [0.1, 0.15) is 30.3 Å². The van der Waals surface area contributed by atoms with Gasteiger partial charge in [0, 0.05) is 0 Å². The van der Waals surface area contributed by atoms with E-state index < -0.39 is 24.5 Å². The number of nitrogens with two attached hydrogens (primary N) is 2. The molecule has 0 bridgehead atoms. The van der Waals surface area contributed by atoms with Crippen LogP contribution in [0.4, 0.5) is 17.3 Å². The maximum absolute atomic E-state index is 10.1. The van der Waals surface area contributed by atoms with Crippen LogP contribution in [0.3, 0.4) is 0 Å². The Morgan fingerprint density at radius 2 is 2.05 bits per heavy atom. The summed E-state index contributed by atoms with van der Waals surface area (Å²) in [6.07, 6.45) is -2.73. The van der Waals surface area contributed by atoms with E-state index in [1.807, 2.05) is 0 Å². The molecule has 4 atom stereocenters. The Morgan fingerprint density at radius 3 is 2.64 bits per heavy atom. The molecule has 1 aromatic rings. The minimum atomic E-state index is -1.18. The second-order valence-electron chi connectivity index (χ2n) is 4.99. The number of ether oxygens (including phenoxy) is 1. The molecular formula is C11H21N7O4. The van der Waals surface area contributed by atoms with Crippen molar-refractivity contribution < 1.29 is 20.1 Å². The summed E-state index contributed by atoms with van der Waals surface area (Å²) in [5.41, 5.74) is 12.1. The fraction of sp³-hybridized carbons (Fsp3) is 0.636. The Balaban J connectivity index is 0.00000176. The molecule has 0 saturated carbocycles. The maximum Gasteiger partial charge on any atom is 0.162 e. The largest absolute Gasteiger partial charge is 0.394 e. The molecule has 124 valence electrons. The summed E-state index contributed by atoms with van der Waals surface area (Å²) in [5.74, 6) is 0.752. The van der Waals surface area contributed by atoms with E-state index in [2.05, 4.69) is 9.97 Å². The summed E-state index contributed by atoms with van der Waals surface area (Å²) in [5, 5.41) is 29.1. The molecule has 0 radical (unpaired) electrons. The minimum absolute atomic E-state index is 0. The van der Waals surface area contributed by atoms with Gasteiger partial charge in [-0.05, 0) is 0 Å². The average molecular weight is 315 g/mol. The van der Waals surface area contributed by atoms with Crippen molar-refractivity contribution in [3.8, 4) is 0 Å². The topological polar surface area (TPSA) is 189 Å². The molecule has 3 rings (SSSR count). The van der Waals surface area contributed by atoms with Gasteiger partial charge < -0.3 is 47.5 Å². The highest BCUT2D eigenvalue weighted by molar-refractivity contribution is 5.81. The molecule has 3 heterocycles. The lowest BCUT2D eigenvalue weighted by atomic mass is 10.1. The van der Waals surface area contributed by atoms with E-state index in [1.54, 1.807) is 9.80 Å². The predicted octanol–water partition coefficient (Wildman–Crippen LogP) is -2.84. The van der Waals surface area contributed by atoms with E-state index in [-0.39, 0.29) is 25.2 Å². The number of anilines is 3. The van der Waals surface area contributed by atoms with Crippen molar-refractivity contribution in [1.29, 1.82) is 0 Å². The van der Waals surface area contributed by atoms with Crippen LogP contribution in [0, 0.1) is 0 Å². The minimum Gasteiger partial charge on any atom is -0.394 e. The van der Waals surface area contributed by atoms with E-state index in [0.29, 0.717) is 18.2 Å². The van der Waals surface area contributed by atoms with Gasteiger partial charge in [0.15, 0.2) is 17.9 Å². The van der Waals surface area contributed by atoms with Gasteiger partial charge in [-0.25, -0.2) is 9.97 Å². The summed E-state index contributed by atoms with van der Waals surface area (Å²) in [6, 6.07) is 0. The van der Waals surface area contributed by atoms with Crippen LogP contribution in [0.1, 0.15) is 0 Å². The average Bonchev–Trinajstić information content (AvgIpc) is 2.99. The van der Waals surface area contributed by atoms with E-state index in [0.717, 1.165) is 0 Å². The highest BCUT2D eigenvalue weighted by atomic mass is 16.6. The van der Waals surface area contributed by atoms with Gasteiger partial charge in [0.05, 0.1) is 19.9 Å². The number of rotatable bonds is 3. The Hall–Kier alpha value is -1.76. The first-order valence-electron chi connectivity index (χ1n) is 6.53. The molecule has 0 amide bonds. The molecule has 0 unspecified atom stereocenters. The fourth-order valence-corrected chi connectivity index (χ4v) is 2.71. The molecule has 22 heavy (non-hydrogen) atoms. The third kappa shape index (κ3) is 2.33. The zero-order chi connectivity index (χ0) is 15.1. The SMILES string of the molecule is N.NCN1CN([C@@H]2O[C@H](CO)[C@@H](O)[C@H]2O)c2ncnc(N)c21. The lowest BCUT2D eigenvalue weighted by molar-refractivity contribution is -0.0222. The van der Waals surface area contributed by atoms with Gasteiger partial charge in [-0.1, -0.05) is 0 Å². The van der Waals surface area contributed by atoms with Gasteiger partial charge in [-0.3, -0.25) is 0 Å². The van der Waals surface area contributed by atoms with Crippen LogP contribution in [0.25, 0.3) is 0 Å². The summed E-state index contributed by atoms with van der Waals surface area (Å²) >= 11 is 0. The molecule has 10 N–H and O–H groups in total. The Labute approximate surface area is 126 Å². The molecule has 1 aromatic heterocycles. The first kappa shape index (κ1) is 16.6. The van der Waals surface area contributed by atoms with Crippen LogP contribution in [-0.4, -0.2) is 69.8 Å². The summed E-state index contributed by atoms with van der Waals surface area (Å²) in [4.78, 5) is 11.5. The zero-order valence-corrected chi connectivity index (χ0v) is 11.9. The number of nitrogens with zero attached hydrogens (tertiary/aromatic N) is 4. The van der Waals surface area contributed by atoms with E-state index in [4.69, 9.17) is 21.3 Å². The van der Waals surface area contributed by atoms with Crippen LogP contribution < -0.4 is 27.4 Å². The summed E-state index contributed by atoms with van der Waals surface area (Å²) in [7, 11) is 0. The number of fused-ring (bicyclic) bond motifs is 1. The molecular weight excluding hydrogens is 294 g/mol. The second-order valence-corrected chi connectivity index (χ2v) is 4.99. The van der Waals surface area contributed by atoms with E-state index in [9.17, 15) is 10.2 Å². The second kappa shape index (κ2) is 6.16. The number of aliphatic hydroxyl groups excluding tert-OH is 3. The first-order chi connectivity index (χ1) is 10.1. The van der Waals surface area contributed by atoms with Crippen LogP contribution in [-0.2, 0) is 4.74 Å². The third-order valence-electron chi connectivity index (χ3n) is 3.79. The third-order valence-corrected chi connectivity index (χ3v) is 3.79. The van der Waals surface area contributed by atoms with Gasteiger partial charge in [-0.15, -0.1) is 0 Å². The summed E-state index contributed by atoms with van der Waals surface area (Å²) < 4.78 is 5.52. The number of aromatic nitrogens is 2. The Kier molecular flexibility index (Phi) is 4.65. The van der Waals surface area contributed by atoms with Gasteiger partial charge >= 0.3 is 0 Å². The number of hydrogen-bond donors (Lipinski definition) is 6. The number of nitrogen functional groups attached to an aromatic ring is 1. The van der Waals surface area contributed by atoms with Crippen molar-refractivity contribution in [2.45, 2.75) is 24.5 Å². The first-order valence-corrected chi connectivity index (χ1v) is 6.53. The number of hydrogen-bond acceptors (Lipinski definition) is 11. The fourth-order valence-electron chi connectivity index (χ4n) is 2.71. The van der Waals surface area contributed by atoms with Crippen LogP contribution in [0.5, 0.6) is 0 Å². The predicted molar refractivity (Wildman–Crippen MR) is 78.1 cm³/mol. The monoisotopic (exact) mass is 315 g/mol. The molecule has 2 aliphatic rings. The van der Waals surface area contributed by atoms with E-state index in [1.165, 1.54) is 6.33 Å². The van der Waals surface area contributed by atoms with Crippen LogP contribution in [0.15, 0.2) is 6.33 Å². The highest BCUT2D eigenvalue weighted by Crippen LogP contribution is 2.40. The molecule has 1 saturated heterocycles. The summed E-state index contributed by atoms with van der Waals surface area (Å²) in [6.45, 7) is 0.0964. The smallest absolute Gasteiger partial charge is 0.162 e. The molecule has 0 spiro atoms. The molecule has 1 fully saturated rings. The van der Waals surface area contributed by atoms with Crippen molar-refractivity contribution in [3.05, 3.63) is 6.33 Å². The Bertz CT molecular complexity index is 533. The van der Waals surface area contributed by atoms with Gasteiger partial charge in [0.25, 0.3) is 0 Å². The molecule has 11 heteroatoms. The van der Waals surface area contributed by atoms with Crippen molar-refractivity contribution in [3.63, 3.8) is 0 Å². The molecule has 0 aromatic carbocycles. The molecule has 2 aliphatic heterocycles. The molecule has 0 aliphatic carbocycles. The molecule has 11 nitrogen and oxygen atoms in total. The van der Waals surface area contributed by atoms with Crippen LogP contribution in [0.2, 0.25) is 0 Å². The zero-order valence-electron chi connectivity index (χ0n) is 11.9. The van der Waals surface area contributed by atoms with Crippen molar-refractivity contribution >= 4 is 17.3 Å². The maximum atomic E-state index is 10.1. The normalized spacial score (nSPS) is 30.4. The van der Waals surface area contributed by atoms with Gasteiger partial charge in [0.2, 0.25) is 0 Å². The van der Waals surface area contributed by atoms with E-state index >= 15 is 0 Å². The van der Waals surface area contributed by atoms with Crippen LogP contribution >= 0.6 is 0 Å². The lowest BCUT2D eigenvalue weighted by Crippen LogP contribution is -2.46. The lowest BCUT2D eigenvalue weighted by Gasteiger charge is -2.27. The standard InChI is InChI=1S/C11H18N6O4.H3N/c12-2-16-4-17(10-6(16)9(13)14-3-15-10)11-8(20)7(19)5(1-18)21-11;/h3,5,7-8,11,18-20H,1-2,4,12H2,(H2,13,14,15);1H3/t5-,7-,8-,11-;/m1./s1. The highest BCUT2D eigenvalue weighted by Gasteiger charge is 2.48. The number of aliphatic hydroxyl groups is 3. The van der Waals surface area contributed by atoms with Crippen molar-refractivity contribution in [2.24, 2.45) is 5.73 Å². The van der Waals surface area contributed by atoms with Gasteiger partial charge in [-0.2, -0.15) is 0 Å². The quantitative estimate of drug-likeness (QED) is 0.337. The van der Waals surface area contributed by atoms with Crippen molar-refractivity contribution in [2.75, 3.05) is 35.5 Å². The van der Waals surface area contributed by atoms with Crippen molar-refractivity contribution in [1.82, 2.24) is 16.1 Å². The Morgan fingerprint density at radius 1 is 1.32 bits per heavy atom.